The van der Waals surface area contributed by atoms with Crippen LogP contribution in [0.5, 0.6) is 0 Å². The molecule has 2 rings (SSSR count). The average Bonchev–Trinajstić information content (AvgIpc) is 2.67. The van der Waals surface area contributed by atoms with E-state index in [-0.39, 0.29) is 17.9 Å². The molecule has 0 aliphatic heterocycles. The van der Waals surface area contributed by atoms with Gasteiger partial charge in [-0.3, -0.25) is 4.79 Å². The normalized spacial score (nSPS) is 12.7. The highest BCUT2D eigenvalue weighted by Crippen LogP contribution is 2.29. The number of anilines is 1. The monoisotopic (exact) mass is 488 g/mol. The van der Waals surface area contributed by atoms with E-state index in [2.05, 4.69) is 0 Å². The van der Waals surface area contributed by atoms with E-state index in [1.165, 1.54) is 24.3 Å². The van der Waals surface area contributed by atoms with Crippen molar-refractivity contribution in [2.75, 3.05) is 17.2 Å². The Labute approximate surface area is 184 Å². The van der Waals surface area contributed by atoms with Crippen LogP contribution in [0.2, 0.25) is 0 Å². The van der Waals surface area contributed by atoms with E-state index in [1.54, 1.807) is 6.92 Å². The quantitative estimate of drug-likeness (QED) is 0.299. The summed E-state index contributed by atoms with van der Waals surface area (Å²) in [6.07, 6.45) is -2.08. The van der Waals surface area contributed by atoms with Crippen LogP contribution < -0.4 is 10.0 Å². The van der Waals surface area contributed by atoms with Crippen molar-refractivity contribution in [1.82, 2.24) is 0 Å². The third kappa shape index (κ3) is 6.48. The van der Waals surface area contributed by atoms with Crippen molar-refractivity contribution < 1.29 is 39.7 Å². The van der Waals surface area contributed by atoms with E-state index in [0.29, 0.717) is 10.6 Å². The fourth-order valence-corrected chi connectivity index (χ4v) is 4.87. The molecule has 0 aliphatic carbocycles. The van der Waals surface area contributed by atoms with E-state index in [9.17, 15) is 30.8 Å². The molecule has 0 bridgehead atoms. The van der Waals surface area contributed by atoms with E-state index >= 15 is 0 Å². The van der Waals surface area contributed by atoms with Crippen molar-refractivity contribution >= 4 is 37.7 Å². The minimum Gasteiger partial charge on any atom is -0.462 e. The van der Waals surface area contributed by atoms with E-state index in [4.69, 9.17) is 14.7 Å². The molecule has 0 aliphatic rings. The third-order valence-electron chi connectivity index (χ3n) is 3.91. The summed E-state index contributed by atoms with van der Waals surface area (Å²) in [4.78, 5) is 22.9. The first-order valence-corrected chi connectivity index (χ1v) is 12.3. The number of nitrogens with zero attached hydrogens (tertiary/aromatic N) is 1. The predicted octanol–water partition coefficient (Wildman–Crippen LogP) is 1.38. The zero-order valence-electron chi connectivity index (χ0n) is 17.1. The first kappa shape index (κ1) is 25.2. The number of halogens is 1. The van der Waals surface area contributed by atoms with Crippen molar-refractivity contribution in [3.05, 3.63) is 59.9 Å². The molecule has 32 heavy (non-hydrogen) atoms. The molecule has 0 saturated carbocycles. The fourth-order valence-electron chi connectivity index (χ4n) is 2.69. The Morgan fingerprint density at radius 3 is 2.22 bits per heavy atom. The van der Waals surface area contributed by atoms with Gasteiger partial charge in [-0.1, -0.05) is 6.07 Å². The fraction of sp³-hybridized carbons (Fsp3) is 0.263. The van der Waals surface area contributed by atoms with Crippen LogP contribution in [0, 0.1) is 5.82 Å². The van der Waals surface area contributed by atoms with Crippen molar-refractivity contribution in [1.29, 1.82) is 0 Å². The molecule has 0 fully saturated rings. The second kappa shape index (κ2) is 10.1. The molecule has 10 nitrogen and oxygen atoms in total. The van der Waals surface area contributed by atoms with E-state index in [1.807, 2.05) is 0 Å². The number of rotatable bonds is 10. The Hall–Kier alpha value is -3.03. The Morgan fingerprint density at radius 2 is 1.72 bits per heavy atom. The first-order chi connectivity index (χ1) is 14.8. The molecule has 0 heterocycles. The molecular formula is C19H21FN2O8S2. The molecule has 1 atom stereocenters. The number of carbonyl (C=O) groups is 2. The number of hydrogen-bond donors (Lipinski definition) is 1. The van der Waals surface area contributed by atoms with Gasteiger partial charge >= 0.3 is 5.97 Å². The Morgan fingerprint density at radius 1 is 1.09 bits per heavy atom. The number of nitrogens with two attached hydrogens (primary N) is 1. The lowest BCUT2D eigenvalue weighted by molar-refractivity contribution is -0.119. The summed E-state index contributed by atoms with van der Waals surface area (Å²) in [5.74, 6) is -2.58. The van der Waals surface area contributed by atoms with Gasteiger partial charge < -0.3 is 10.5 Å². The second-order valence-electron chi connectivity index (χ2n) is 6.45. The maximum atomic E-state index is 13.7. The van der Waals surface area contributed by atoms with Gasteiger partial charge in [-0.25, -0.2) is 26.1 Å². The summed E-state index contributed by atoms with van der Waals surface area (Å²) < 4.78 is 74.2. The zero-order valence-corrected chi connectivity index (χ0v) is 18.7. The molecule has 0 saturated heterocycles. The summed E-state index contributed by atoms with van der Waals surface area (Å²) in [6, 6.07) is 8.81. The molecule has 0 radical (unpaired) electrons. The highest BCUT2D eigenvalue weighted by atomic mass is 32.2. The van der Waals surface area contributed by atoms with Gasteiger partial charge in [-0.15, -0.1) is 0 Å². The van der Waals surface area contributed by atoms with Crippen LogP contribution in [0.15, 0.2) is 53.4 Å². The van der Waals surface area contributed by atoms with Crippen LogP contribution in [-0.4, -0.2) is 47.8 Å². The van der Waals surface area contributed by atoms with Gasteiger partial charge in [-0.2, -0.15) is 8.42 Å². The number of carbonyl (C=O) groups excluding carboxylic acids is 2. The molecule has 174 valence electrons. The average molecular weight is 489 g/mol. The minimum absolute atomic E-state index is 0.0918. The smallest absolute Gasteiger partial charge is 0.338 e. The zero-order chi connectivity index (χ0) is 24.1. The maximum Gasteiger partial charge on any atom is 0.338 e. The van der Waals surface area contributed by atoms with Gasteiger partial charge in [0.1, 0.15) is 5.82 Å². The van der Waals surface area contributed by atoms with Crippen molar-refractivity contribution in [2.24, 2.45) is 5.73 Å². The maximum absolute atomic E-state index is 13.7. The van der Waals surface area contributed by atoms with Crippen molar-refractivity contribution in [3.8, 4) is 0 Å². The van der Waals surface area contributed by atoms with Crippen molar-refractivity contribution in [3.63, 3.8) is 0 Å². The van der Waals surface area contributed by atoms with E-state index in [0.717, 1.165) is 24.3 Å². The molecular weight excluding hydrogens is 467 g/mol. The molecule has 1 amide bonds. The summed E-state index contributed by atoms with van der Waals surface area (Å²) >= 11 is 0. The SMILES string of the molecule is CCOC(=O)c1ccc(N(C(CC(N)=O)OS(C)(=O)=O)S(=O)(=O)c2cccc(F)c2)cc1. The summed E-state index contributed by atoms with van der Waals surface area (Å²) in [5.41, 5.74) is 5.10. The number of sulfonamides is 1. The van der Waals surface area contributed by atoms with Gasteiger partial charge in [0.05, 0.1) is 35.4 Å². The highest BCUT2D eigenvalue weighted by molar-refractivity contribution is 7.93. The molecule has 0 aromatic heterocycles. The van der Waals surface area contributed by atoms with Gasteiger partial charge in [0.25, 0.3) is 20.1 Å². The highest BCUT2D eigenvalue weighted by Gasteiger charge is 2.36. The van der Waals surface area contributed by atoms with Crippen LogP contribution in [0.25, 0.3) is 0 Å². The van der Waals surface area contributed by atoms with Crippen LogP contribution >= 0.6 is 0 Å². The Bertz CT molecular complexity index is 1200. The second-order valence-corrected chi connectivity index (χ2v) is 9.87. The van der Waals surface area contributed by atoms with Crippen LogP contribution in [0.4, 0.5) is 10.1 Å². The number of ether oxygens (including phenoxy) is 1. The summed E-state index contributed by atoms with van der Waals surface area (Å²) in [5, 5.41) is 0. The molecule has 0 spiro atoms. The number of primary amides is 1. The Kier molecular flexibility index (Phi) is 7.93. The lowest BCUT2D eigenvalue weighted by atomic mass is 10.2. The lowest BCUT2D eigenvalue weighted by Gasteiger charge is -2.31. The Balaban J connectivity index is 2.67. The largest absolute Gasteiger partial charge is 0.462 e. The number of amides is 1. The molecule has 2 aromatic carbocycles. The van der Waals surface area contributed by atoms with Crippen LogP contribution in [0.3, 0.4) is 0 Å². The first-order valence-electron chi connectivity index (χ1n) is 9.09. The number of benzene rings is 2. The molecule has 2 N–H and O–H groups in total. The third-order valence-corrected chi connectivity index (χ3v) is 6.29. The van der Waals surface area contributed by atoms with Crippen molar-refractivity contribution in [2.45, 2.75) is 24.5 Å². The van der Waals surface area contributed by atoms with Gasteiger partial charge in [-0.05, 0) is 49.4 Å². The summed E-state index contributed by atoms with van der Waals surface area (Å²) in [7, 11) is -8.92. The number of hydrogen-bond acceptors (Lipinski definition) is 8. The minimum atomic E-state index is -4.66. The van der Waals surface area contributed by atoms with Crippen LogP contribution in [0.1, 0.15) is 23.7 Å². The topological polar surface area (TPSA) is 150 Å². The summed E-state index contributed by atoms with van der Waals surface area (Å²) in [6.45, 7) is 1.72. The standard InChI is InChI=1S/C19H21FN2O8S2/c1-3-29-19(24)13-7-9-15(10-8-13)22(18(12-17(21)23)30-31(2,25)26)32(27,28)16-6-4-5-14(20)11-16/h4-11,18H,3,12H2,1-2H3,(H2,21,23). The molecule has 1 unspecified atom stereocenters. The molecule has 2 aromatic rings. The van der Waals surface area contributed by atoms with E-state index < -0.39 is 55.4 Å². The van der Waals surface area contributed by atoms with Gasteiger partial charge in [0, 0.05) is 0 Å². The van der Waals surface area contributed by atoms with Gasteiger partial charge in [0.2, 0.25) is 5.91 Å². The molecule has 13 heteroatoms. The predicted molar refractivity (Wildman–Crippen MR) is 112 cm³/mol. The number of esters is 1. The lowest BCUT2D eigenvalue weighted by Crippen LogP contribution is -2.45. The van der Waals surface area contributed by atoms with Gasteiger partial charge in [0.15, 0.2) is 6.23 Å². The van der Waals surface area contributed by atoms with Crippen LogP contribution in [-0.2, 0) is 33.9 Å².